The average Bonchev–Trinajstić information content (AvgIpc) is 3.73. The molecule has 1 aliphatic rings. The highest BCUT2D eigenvalue weighted by molar-refractivity contribution is 5.91. The fraction of sp³-hybridized carbons (Fsp3) is 0.387. The lowest BCUT2D eigenvalue weighted by atomic mass is 10.1. The van der Waals surface area contributed by atoms with Crippen molar-refractivity contribution in [2.75, 3.05) is 26.6 Å². The van der Waals surface area contributed by atoms with Crippen molar-refractivity contribution in [2.45, 2.75) is 58.3 Å². The molecule has 2 amide bonds. The first-order chi connectivity index (χ1) is 21.0. The zero-order chi connectivity index (χ0) is 31.4. The average molecular weight is 605 g/mol. The Kier molecular flexibility index (Phi) is 8.74. The van der Waals surface area contributed by atoms with Gasteiger partial charge in [-0.2, -0.15) is 5.10 Å². The Morgan fingerprint density at radius 2 is 1.73 bits per heavy atom. The normalized spacial score (nSPS) is 12.9. The maximum absolute atomic E-state index is 13.0. The molecule has 1 saturated carbocycles. The summed E-state index contributed by atoms with van der Waals surface area (Å²) in [6.07, 6.45) is 5.98. The standard InChI is InChI=1S/C31H36N6O7/c1-31(2,3)44-30(39)37(21-7-8-21)15-19-9-20(11-22(10-19)40-4)35-28(38)17-36-16-23(14-34-36)43-29-24-12-26(41-5)27(42-6)13-25(24)32-18-33-29/h9-14,16,18,21H,7-8,15,17H2,1-6H3,(H,35,38). The fourth-order valence-corrected chi connectivity index (χ4v) is 4.57. The number of rotatable bonds is 11. The summed E-state index contributed by atoms with van der Waals surface area (Å²) >= 11 is 0. The minimum atomic E-state index is -0.598. The Morgan fingerprint density at radius 3 is 2.41 bits per heavy atom. The van der Waals surface area contributed by atoms with E-state index in [1.165, 1.54) is 17.2 Å². The molecule has 0 atom stereocenters. The number of benzene rings is 2. The fourth-order valence-electron chi connectivity index (χ4n) is 4.57. The molecule has 1 fully saturated rings. The smallest absolute Gasteiger partial charge is 0.410 e. The van der Waals surface area contributed by atoms with Crippen molar-refractivity contribution in [1.82, 2.24) is 24.6 Å². The number of fused-ring (bicyclic) bond motifs is 1. The van der Waals surface area contributed by atoms with Gasteiger partial charge in [0.05, 0.1) is 44.6 Å². The summed E-state index contributed by atoms with van der Waals surface area (Å²) in [5.74, 6) is 1.98. The Bertz CT molecular complexity index is 1660. The third kappa shape index (κ3) is 7.46. The molecule has 13 heteroatoms. The van der Waals surface area contributed by atoms with Crippen molar-refractivity contribution in [2.24, 2.45) is 0 Å². The summed E-state index contributed by atoms with van der Waals surface area (Å²) in [6, 6.07) is 8.99. The van der Waals surface area contributed by atoms with Crippen LogP contribution in [0.5, 0.6) is 28.9 Å². The van der Waals surface area contributed by atoms with E-state index < -0.39 is 5.60 Å². The summed E-state index contributed by atoms with van der Waals surface area (Å²) in [6.45, 7) is 5.79. The van der Waals surface area contributed by atoms with E-state index in [1.54, 1.807) is 50.6 Å². The molecule has 0 radical (unpaired) electrons. The number of anilines is 1. The largest absolute Gasteiger partial charge is 0.497 e. The molecule has 0 saturated heterocycles. The van der Waals surface area contributed by atoms with E-state index in [0.717, 1.165) is 18.4 Å². The predicted molar refractivity (Wildman–Crippen MR) is 161 cm³/mol. The number of hydrogen-bond donors (Lipinski definition) is 1. The van der Waals surface area contributed by atoms with Gasteiger partial charge in [-0.25, -0.2) is 14.8 Å². The monoisotopic (exact) mass is 604 g/mol. The number of carbonyl (C=O) groups excluding carboxylic acids is 2. The van der Waals surface area contributed by atoms with Crippen LogP contribution in [0, 0.1) is 0 Å². The minimum Gasteiger partial charge on any atom is -0.497 e. The Morgan fingerprint density at radius 1 is 0.977 bits per heavy atom. The number of amides is 2. The zero-order valence-corrected chi connectivity index (χ0v) is 25.6. The van der Waals surface area contributed by atoms with Crippen LogP contribution in [0.25, 0.3) is 10.9 Å². The molecule has 0 spiro atoms. The molecule has 0 bridgehead atoms. The molecule has 2 aromatic carbocycles. The van der Waals surface area contributed by atoms with E-state index in [0.29, 0.717) is 52.0 Å². The van der Waals surface area contributed by atoms with Crippen LogP contribution in [-0.4, -0.2) is 69.6 Å². The van der Waals surface area contributed by atoms with E-state index >= 15 is 0 Å². The number of nitrogens with zero attached hydrogens (tertiary/aromatic N) is 5. The van der Waals surface area contributed by atoms with Crippen LogP contribution in [0.3, 0.4) is 0 Å². The lowest BCUT2D eigenvalue weighted by Crippen LogP contribution is -2.37. The van der Waals surface area contributed by atoms with Gasteiger partial charge in [0.1, 0.15) is 24.2 Å². The molecular weight excluding hydrogens is 568 g/mol. The molecule has 232 valence electrons. The van der Waals surface area contributed by atoms with Gasteiger partial charge in [-0.1, -0.05) is 0 Å². The highest BCUT2D eigenvalue weighted by Gasteiger charge is 2.35. The van der Waals surface area contributed by atoms with Gasteiger partial charge < -0.3 is 33.9 Å². The Labute approximate surface area is 255 Å². The maximum Gasteiger partial charge on any atom is 0.410 e. The highest BCUT2D eigenvalue weighted by atomic mass is 16.6. The van der Waals surface area contributed by atoms with Crippen molar-refractivity contribution >= 4 is 28.6 Å². The van der Waals surface area contributed by atoms with Crippen LogP contribution in [0.1, 0.15) is 39.2 Å². The molecule has 0 unspecified atom stereocenters. The van der Waals surface area contributed by atoms with E-state index in [-0.39, 0.29) is 24.6 Å². The third-order valence-corrected chi connectivity index (χ3v) is 6.69. The first-order valence-corrected chi connectivity index (χ1v) is 14.1. The number of hydrogen-bond acceptors (Lipinski definition) is 10. The van der Waals surface area contributed by atoms with Gasteiger partial charge in [-0.15, -0.1) is 0 Å². The first-order valence-electron chi connectivity index (χ1n) is 14.1. The van der Waals surface area contributed by atoms with E-state index in [9.17, 15) is 9.59 Å². The second kappa shape index (κ2) is 12.7. The van der Waals surface area contributed by atoms with Gasteiger partial charge in [0.2, 0.25) is 11.8 Å². The zero-order valence-electron chi connectivity index (χ0n) is 25.6. The van der Waals surface area contributed by atoms with Crippen LogP contribution < -0.4 is 24.3 Å². The predicted octanol–water partition coefficient (Wildman–Crippen LogP) is 5.18. The van der Waals surface area contributed by atoms with Gasteiger partial charge in [0.15, 0.2) is 17.2 Å². The van der Waals surface area contributed by atoms with Gasteiger partial charge >= 0.3 is 6.09 Å². The summed E-state index contributed by atoms with van der Waals surface area (Å²) < 4.78 is 29.3. The number of carbonyl (C=O) groups is 2. The van der Waals surface area contributed by atoms with E-state index in [2.05, 4.69) is 20.4 Å². The van der Waals surface area contributed by atoms with Crippen molar-refractivity contribution in [3.05, 3.63) is 54.6 Å². The van der Waals surface area contributed by atoms with Gasteiger partial charge in [0, 0.05) is 30.4 Å². The van der Waals surface area contributed by atoms with Gasteiger partial charge in [-0.3, -0.25) is 9.48 Å². The quantitative estimate of drug-likeness (QED) is 0.244. The number of aromatic nitrogens is 4. The summed E-state index contributed by atoms with van der Waals surface area (Å²) in [7, 11) is 4.65. The van der Waals surface area contributed by atoms with Crippen LogP contribution in [0.15, 0.2) is 49.1 Å². The van der Waals surface area contributed by atoms with Crippen LogP contribution in [0.4, 0.5) is 10.5 Å². The molecule has 1 N–H and O–H groups in total. The van der Waals surface area contributed by atoms with Crippen LogP contribution in [-0.2, 0) is 22.6 Å². The second-order valence-corrected chi connectivity index (χ2v) is 11.3. The van der Waals surface area contributed by atoms with E-state index in [4.69, 9.17) is 23.7 Å². The SMILES string of the molecule is COc1cc(CN(C(=O)OC(C)(C)C)C2CC2)cc(NC(=O)Cn2cc(Oc3ncnc4cc(OC)c(OC)cc34)cn2)c1. The number of methoxy groups -OCH3 is 3. The van der Waals surface area contributed by atoms with Crippen molar-refractivity contribution in [3.63, 3.8) is 0 Å². The third-order valence-electron chi connectivity index (χ3n) is 6.69. The lowest BCUT2D eigenvalue weighted by molar-refractivity contribution is -0.116. The van der Waals surface area contributed by atoms with Crippen molar-refractivity contribution in [1.29, 1.82) is 0 Å². The Balaban J connectivity index is 1.26. The molecule has 13 nitrogen and oxygen atoms in total. The molecule has 2 aromatic heterocycles. The van der Waals surface area contributed by atoms with Crippen LogP contribution >= 0.6 is 0 Å². The highest BCUT2D eigenvalue weighted by Crippen LogP contribution is 2.36. The Hall–Kier alpha value is -5.07. The first kappa shape index (κ1) is 30.4. The van der Waals surface area contributed by atoms with Crippen LogP contribution in [0.2, 0.25) is 0 Å². The summed E-state index contributed by atoms with van der Waals surface area (Å²) in [4.78, 5) is 36.1. The molecule has 0 aliphatic heterocycles. The summed E-state index contributed by atoms with van der Waals surface area (Å²) in [5.41, 5.74) is 1.35. The van der Waals surface area contributed by atoms with E-state index in [1.807, 2.05) is 32.9 Å². The number of nitrogens with one attached hydrogen (secondary N) is 1. The lowest BCUT2D eigenvalue weighted by Gasteiger charge is -2.27. The van der Waals surface area contributed by atoms with Crippen molar-refractivity contribution in [3.8, 4) is 28.9 Å². The molecule has 44 heavy (non-hydrogen) atoms. The topological polar surface area (TPSA) is 139 Å². The van der Waals surface area contributed by atoms with Gasteiger partial charge in [0.25, 0.3) is 0 Å². The maximum atomic E-state index is 13.0. The molecule has 2 heterocycles. The summed E-state index contributed by atoms with van der Waals surface area (Å²) in [5, 5.41) is 7.78. The van der Waals surface area contributed by atoms with Crippen molar-refractivity contribution < 1.29 is 33.3 Å². The van der Waals surface area contributed by atoms with Gasteiger partial charge in [-0.05, 0) is 57.4 Å². The molecular formula is C31H36N6O7. The molecule has 1 aliphatic carbocycles. The number of ether oxygens (including phenoxy) is 5. The second-order valence-electron chi connectivity index (χ2n) is 11.3. The molecule has 5 rings (SSSR count). The minimum absolute atomic E-state index is 0.0719. The molecule has 4 aromatic rings.